The lowest BCUT2D eigenvalue weighted by Crippen LogP contribution is -2.31. The van der Waals surface area contributed by atoms with Gasteiger partial charge in [0.25, 0.3) is 5.91 Å². The second-order valence-electron chi connectivity index (χ2n) is 6.28. The normalized spacial score (nSPS) is 10.8. The molecule has 5 nitrogen and oxygen atoms in total. The first-order valence-corrected chi connectivity index (χ1v) is 8.58. The van der Waals surface area contributed by atoms with Crippen LogP contribution in [0.4, 0.5) is 5.82 Å². The zero-order valence-electron chi connectivity index (χ0n) is 15.2. The molecule has 0 fully saturated rings. The lowest BCUT2D eigenvalue weighted by Gasteiger charge is -2.21. The number of anilines is 1. The number of carbonyl (C=O) groups excluding carboxylic acids is 1. The molecule has 0 aliphatic heterocycles. The van der Waals surface area contributed by atoms with E-state index in [2.05, 4.69) is 4.98 Å². The van der Waals surface area contributed by atoms with Crippen LogP contribution in [-0.2, 0) is 6.54 Å². The summed E-state index contributed by atoms with van der Waals surface area (Å²) in [6.07, 6.45) is 1.76. The van der Waals surface area contributed by atoms with Crippen LogP contribution in [0.3, 0.4) is 0 Å². The smallest absolute Gasteiger partial charge is 0.259 e. The van der Waals surface area contributed by atoms with Crippen LogP contribution in [0.5, 0.6) is 5.75 Å². The number of benzene rings is 1. The van der Waals surface area contributed by atoms with E-state index in [1.165, 1.54) is 0 Å². The van der Waals surface area contributed by atoms with Crippen molar-refractivity contribution in [3.8, 4) is 5.75 Å². The Labute approximate surface area is 153 Å². The van der Waals surface area contributed by atoms with Crippen molar-refractivity contribution >= 4 is 11.7 Å². The predicted molar refractivity (Wildman–Crippen MR) is 100 cm³/mol. The van der Waals surface area contributed by atoms with Gasteiger partial charge in [0.05, 0.1) is 12.6 Å². The Morgan fingerprint density at radius 2 is 1.88 bits per heavy atom. The molecule has 0 spiro atoms. The maximum absolute atomic E-state index is 13.1. The number of nitrogens with zero attached hydrogens (tertiary/aromatic N) is 2. The number of ether oxygens (including phenoxy) is 1. The van der Waals surface area contributed by atoms with Crippen LogP contribution < -0.4 is 9.64 Å². The lowest BCUT2D eigenvalue weighted by atomic mass is 10.2. The lowest BCUT2D eigenvalue weighted by molar-refractivity contribution is 0.0982. The fraction of sp³-hybridized carbons (Fsp3) is 0.238. The van der Waals surface area contributed by atoms with Gasteiger partial charge in [0, 0.05) is 11.8 Å². The molecule has 0 saturated heterocycles. The third kappa shape index (κ3) is 4.30. The molecular weight excluding hydrogens is 328 g/mol. The van der Waals surface area contributed by atoms with Gasteiger partial charge >= 0.3 is 0 Å². The quantitative estimate of drug-likeness (QED) is 0.651. The van der Waals surface area contributed by atoms with E-state index >= 15 is 0 Å². The third-order valence-corrected chi connectivity index (χ3v) is 3.75. The van der Waals surface area contributed by atoms with Gasteiger partial charge in [-0.3, -0.25) is 9.69 Å². The predicted octanol–water partition coefficient (Wildman–Crippen LogP) is 4.62. The van der Waals surface area contributed by atoms with E-state index in [1.54, 1.807) is 35.4 Å². The van der Waals surface area contributed by atoms with Crippen LogP contribution in [-0.4, -0.2) is 17.0 Å². The molecule has 0 aliphatic rings. The average molecular weight is 350 g/mol. The fourth-order valence-corrected chi connectivity index (χ4v) is 2.60. The topological polar surface area (TPSA) is 55.6 Å². The maximum atomic E-state index is 13.1. The number of carbonyl (C=O) groups is 1. The molecular formula is C21H22N2O3. The van der Waals surface area contributed by atoms with E-state index in [-0.39, 0.29) is 12.0 Å². The molecule has 5 heteroatoms. The van der Waals surface area contributed by atoms with E-state index in [1.807, 2.05) is 51.1 Å². The Hall–Kier alpha value is -3.08. The SMILES string of the molecule is Cc1ccc(CN(C(=O)c2ccc(OC(C)C)cc2)c2ccccn2)o1. The van der Waals surface area contributed by atoms with Gasteiger partial charge in [-0.1, -0.05) is 6.07 Å². The van der Waals surface area contributed by atoms with Crippen LogP contribution in [0, 0.1) is 6.92 Å². The third-order valence-electron chi connectivity index (χ3n) is 3.75. The molecule has 2 heterocycles. The maximum Gasteiger partial charge on any atom is 0.259 e. The van der Waals surface area contributed by atoms with Crippen LogP contribution in [0.1, 0.15) is 35.7 Å². The molecule has 2 aromatic heterocycles. The number of furan rings is 1. The summed E-state index contributed by atoms with van der Waals surface area (Å²) >= 11 is 0. The van der Waals surface area contributed by atoms with Gasteiger partial charge in [-0.15, -0.1) is 0 Å². The Morgan fingerprint density at radius 3 is 2.46 bits per heavy atom. The molecule has 0 aliphatic carbocycles. The standard InChI is InChI=1S/C21H22N2O3/c1-15(2)25-18-11-8-17(9-12-18)21(24)23(20-6-4-5-13-22-20)14-19-10-7-16(3)26-19/h4-13,15H,14H2,1-3H3. The highest BCUT2D eigenvalue weighted by molar-refractivity contribution is 6.05. The molecule has 0 N–H and O–H groups in total. The minimum atomic E-state index is -0.145. The van der Waals surface area contributed by atoms with Crippen LogP contribution in [0.2, 0.25) is 0 Å². The Morgan fingerprint density at radius 1 is 1.12 bits per heavy atom. The van der Waals surface area contributed by atoms with E-state index < -0.39 is 0 Å². The molecule has 0 saturated carbocycles. The second kappa shape index (κ2) is 7.87. The number of rotatable bonds is 6. The van der Waals surface area contributed by atoms with Gasteiger partial charge in [0.1, 0.15) is 23.1 Å². The zero-order valence-corrected chi connectivity index (χ0v) is 15.2. The number of aryl methyl sites for hydroxylation is 1. The molecule has 0 unspecified atom stereocenters. The van der Waals surface area contributed by atoms with Gasteiger partial charge in [-0.2, -0.15) is 0 Å². The number of hydrogen-bond donors (Lipinski definition) is 0. The molecule has 3 aromatic rings. The van der Waals surface area contributed by atoms with E-state index in [9.17, 15) is 4.79 Å². The highest BCUT2D eigenvalue weighted by Gasteiger charge is 2.20. The number of aromatic nitrogens is 1. The van der Waals surface area contributed by atoms with E-state index in [0.717, 1.165) is 11.5 Å². The summed E-state index contributed by atoms with van der Waals surface area (Å²) in [7, 11) is 0. The van der Waals surface area contributed by atoms with Gasteiger partial charge in [0.15, 0.2) is 0 Å². The molecule has 0 atom stereocenters. The summed E-state index contributed by atoms with van der Waals surface area (Å²) in [6.45, 7) is 6.12. The monoisotopic (exact) mass is 350 g/mol. The van der Waals surface area contributed by atoms with Crippen molar-refractivity contribution in [3.63, 3.8) is 0 Å². The van der Waals surface area contributed by atoms with Gasteiger partial charge in [0.2, 0.25) is 0 Å². The zero-order chi connectivity index (χ0) is 18.5. The molecule has 134 valence electrons. The average Bonchev–Trinajstić information content (AvgIpc) is 3.05. The van der Waals surface area contributed by atoms with E-state index in [0.29, 0.717) is 23.7 Å². The van der Waals surface area contributed by atoms with Crippen molar-refractivity contribution in [3.05, 3.63) is 77.9 Å². The van der Waals surface area contributed by atoms with Crippen molar-refractivity contribution in [2.24, 2.45) is 0 Å². The van der Waals surface area contributed by atoms with Crippen LogP contribution in [0.15, 0.2) is 65.2 Å². The molecule has 1 aromatic carbocycles. The van der Waals surface area contributed by atoms with Crippen LogP contribution >= 0.6 is 0 Å². The summed E-state index contributed by atoms with van der Waals surface area (Å²) in [5.41, 5.74) is 0.565. The Balaban J connectivity index is 1.87. The summed E-state index contributed by atoms with van der Waals surface area (Å²) in [5.74, 6) is 2.69. The first-order chi connectivity index (χ1) is 12.5. The minimum Gasteiger partial charge on any atom is -0.491 e. The Bertz CT molecular complexity index is 854. The molecule has 1 amide bonds. The highest BCUT2D eigenvalue weighted by Crippen LogP contribution is 2.21. The second-order valence-corrected chi connectivity index (χ2v) is 6.28. The highest BCUT2D eigenvalue weighted by atomic mass is 16.5. The molecule has 0 radical (unpaired) electrons. The Kier molecular flexibility index (Phi) is 5.37. The van der Waals surface area contributed by atoms with Gasteiger partial charge < -0.3 is 9.15 Å². The van der Waals surface area contributed by atoms with Crippen molar-refractivity contribution in [1.29, 1.82) is 0 Å². The molecule has 3 rings (SSSR count). The van der Waals surface area contributed by atoms with Crippen molar-refractivity contribution < 1.29 is 13.9 Å². The van der Waals surface area contributed by atoms with Crippen molar-refractivity contribution in [1.82, 2.24) is 4.98 Å². The van der Waals surface area contributed by atoms with Crippen molar-refractivity contribution in [2.75, 3.05) is 4.90 Å². The van der Waals surface area contributed by atoms with Crippen LogP contribution in [0.25, 0.3) is 0 Å². The molecule has 0 bridgehead atoms. The van der Waals surface area contributed by atoms with Gasteiger partial charge in [-0.25, -0.2) is 4.98 Å². The first kappa shape index (κ1) is 17.7. The summed E-state index contributed by atoms with van der Waals surface area (Å²) in [5, 5.41) is 0. The molecule has 26 heavy (non-hydrogen) atoms. The van der Waals surface area contributed by atoms with E-state index in [4.69, 9.17) is 9.15 Å². The number of pyridine rings is 1. The summed E-state index contributed by atoms with van der Waals surface area (Å²) in [6, 6.07) is 16.4. The minimum absolute atomic E-state index is 0.0868. The number of hydrogen-bond acceptors (Lipinski definition) is 4. The fourth-order valence-electron chi connectivity index (χ4n) is 2.60. The first-order valence-electron chi connectivity index (χ1n) is 8.58. The number of amides is 1. The van der Waals surface area contributed by atoms with Gasteiger partial charge in [-0.05, 0) is 69.3 Å². The largest absolute Gasteiger partial charge is 0.491 e. The van der Waals surface area contributed by atoms with Crippen molar-refractivity contribution in [2.45, 2.75) is 33.4 Å². The summed E-state index contributed by atoms with van der Waals surface area (Å²) in [4.78, 5) is 19.0. The summed E-state index contributed by atoms with van der Waals surface area (Å²) < 4.78 is 11.3.